The first-order valence-electron chi connectivity index (χ1n) is 4.36. The molecule has 0 aliphatic rings. The second kappa shape index (κ2) is 3.86. The van der Waals surface area contributed by atoms with Crippen LogP contribution in [0.1, 0.15) is 18.1 Å². The quantitative estimate of drug-likeness (QED) is 0.729. The first kappa shape index (κ1) is 10.8. The average Bonchev–Trinajstić information content (AvgIpc) is 2.02. The van der Waals surface area contributed by atoms with Crippen LogP contribution in [0.5, 0.6) is 0 Å². The third-order valence-electron chi connectivity index (χ3n) is 1.94. The first-order valence-corrected chi connectivity index (χ1v) is 4.36. The Morgan fingerprint density at radius 3 is 2.57 bits per heavy atom. The number of Topliss-reactive ketones (excluding diaryl/α,β-unsaturated/α-hetero) is 1. The number of alkyl halides is 2. The third-order valence-corrected chi connectivity index (χ3v) is 1.94. The zero-order valence-electron chi connectivity index (χ0n) is 8.18. The minimum atomic E-state index is -3.23. The van der Waals surface area contributed by atoms with Gasteiger partial charge in [-0.3, -0.25) is 4.79 Å². The van der Waals surface area contributed by atoms with Crippen LogP contribution in [-0.4, -0.2) is 11.7 Å². The molecule has 0 spiro atoms. The number of ketones is 1. The lowest BCUT2D eigenvalue weighted by atomic mass is 10.0. The van der Waals surface area contributed by atoms with Gasteiger partial charge in [0.2, 0.25) is 5.78 Å². The molecule has 0 radical (unpaired) electrons. The fraction of sp³-hybridized carbons (Fsp3) is 0.364. The number of carbonyl (C=O) groups is 1. The van der Waals surface area contributed by atoms with Gasteiger partial charge < -0.3 is 0 Å². The number of carbonyl (C=O) groups excluding carboxylic acids is 1. The minimum Gasteiger partial charge on any atom is -0.293 e. The van der Waals surface area contributed by atoms with E-state index in [1.807, 2.05) is 13.0 Å². The SMILES string of the molecule is Cc1cccc(CC(=O)C(C)(F)F)c1. The van der Waals surface area contributed by atoms with Crippen molar-refractivity contribution in [3.8, 4) is 0 Å². The third kappa shape index (κ3) is 2.91. The molecule has 3 heteroatoms. The summed E-state index contributed by atoms with van der Waals surface area (Å²) in [6.45, 7) is 2.49. The van der Waals surface area contributed by atoms with Crippen molar-refractivity contribution in [1.29, 1.82) is 0 Å². The lowest BCUT2D eigenvalue weighted by molar-refractivity contribution is -0.139. The maximum Gasteiger partial charge on any atom is 0.302 e. The smallest absolute Gasteiger partial charge is 0.293 e. The molecule has 1 rings (SSSR count). The Hall–Kier alpha value is -1.25. The predicted octanol–water partition coefficient (Wildman–Crippen LogP) is 2.76. The monoisotopic (exact) mass is 198 g/mol. The molecule has 1 nitrogen and oxygen atoms in total. The van der Waals surface area contributed by atoms with Crippen molar-refractivity contribution in [2.45, 2.75) is 26.2 Å². The summed E-state index contributed by atoms with van der Waals surface area (Å²) in [5.74, 6) is -4.27. The van der Waals surface area contributed by atoms with Crippen molar-refractivity contribution in [2.24, 2.45) is 0 Å². The molecular weight excluding hydrogens is 186 g/mol. The van der Waals surface area contributed by atoms with E-state index in [-0.39, 0.29) is 6.42 Å². The number of rotatable bonds is 3. The molecule has 0 amide bonds. The van der Waals surface area contributed by atoms with Crippen molar-refractivity contribution < 1.29 is 13.6 Å². The fourth-order valence-electron chi connectivity index (χ4n) is 1.16. The molecule has 0 aromatic heterocycles. The molecule has 0 N–H and O–H groups in total. The minimum absolute atomic E-state index is 0.203. The second-order valence-corrected chi connectivity index (χ2v) is 3.48. The predicted molar refractivity (Wildman–Crippen MR) is 50.5 cm³/mol. The van der Waals surface area contributed by atoms with Crippen molar-refractivity contribution in [1.82, 2.24) is 0 Å². The molecule has 0 aliphatic heterocycles. The normalized spacial score (nSPS) is 11.4. The maximum atomic E-state index is 12.6. The van der Waals surface area contributed by atoms with E-state index in [2.05, 4.69) is 0 Å². The summed E-state index contributed by atoms with van der Waals surface area (Å²) in [5.41, 5.74) is 1.60. The van der Waals surface area contributed by atoms with Crippen molar-refractivity contribution in [2.75, 3.05) is 0 Å². The molecule has 14 heavy (non-hydrogen) atoms. The van der Waals surface area contributed by atoms with Gasteiger partial charge in [-0.2, -0.15) is 8.78 Å². The van der Waals surface area contributed by atoms with Crippen LogP contribution in [0.4, 0.5) is 8.78 Å². The molecule has 0 heterocycles. The van der Waals surface area contributed by atoms with Crippen molar-refractivity contribution >= 4 is 5.78 Å². The van der Waals surface area contributed by atoms with E-state index in [1.165, 1.54) is 0 Å². The zero-order valence-corrected chi connectivity index (χ0v) is 8.18. The van der Waals surface area contributed by atoms with Gasteiger partial charge in [-0.05, 0) is 12.5 Å². The van der Waals surface area contributed by atoms with Gasteiger partial charge in [-0.15, -0.1) is 0 Å². The van der Waals surface area contributed by atoms with Crippen LogP contribution < -0.4 is 0 Å². The highest BCUT2D eigenvalue weighted by molar-refractivity contribution is 5.87. The van der Waals surface area contributed by atoms with Gasteiger partial charge in [0.25, 0.3) is 0 Å². The van der Waals surface area contributed by atoms with E-state index in [0.29, 0.717) is 12.5 Å². The summed E-state index contributed by atoms with van der Waals surface area (Å²) in [6, 6.07) is 7.03. The molecule has 0 fully saturated rings. The van der Waals surface area contributed by atoms with Gasteiger partial charge >= 0.3 is 5.92 Å². The van der Waals surface area contributed by atoms with Gasteiger partial charge in [-0.1, -0.05) is 29.8 Å². The number of benzene rings is 1. The molecular formula is C11H12F2O. The van der Waals surface area contributed by atoms with Crippen LogP contribution >= 0.6 is 0 Å². The number of hydrogen-bond donors (Lipinski definition) is 0. The molecule has 1 aromatic rings. The molecule has 0 unspecified atom stereocenters. The number of aryl methyl sites for hydroxylation is 1. The van der Waals surface area contributed by atoms with E-state index in [4.69, 9.17) is 0 Å². The lowest BCUT2D eigenvalue weighted by Crippen LogP contribution is -2.26. The summed E-state index contributed by atoms with van der Waals surface area (Å²) in [6.07, 6.45) is -0.203. The topological polar surface area (TPSA) is 17.1 Å². The Bertz CT molecular complexity index is 339. The summed E-state index contributed by atoms with van der Waals surface area (Å²) >= 11 is 0. The van der Waals surface area contributed by atoms with E-state index in [0.717, 1.165) is 5.56 Å². The second-order valence-electron chi connectivity index (χ2n) is 3.48. The highest BCUT2D eigenvalue weighted by atomic mass is 19.3. The highest BCUT2D eigenvalue weighted by Crippen LogP contribution is 2.16. The molecule has 76 valence electrons. The van der Waals surface area contributed by atoms with Crippen LogP contribution in [-0.2, 0) is 11.2 Å². The fourth-order valence-corrected chi connectivity index (χ4v) is 1.16. The first-order chi connectivity index (χ1) is 6.39. The lowest BCUT2D eigenvalue weighted by Gasteiger charge is -2.08. The zero-order chi connectivity index (χ0) is 10.8. The molecule has 0 bridgehead atoms. The van der Waals surface area contributed by atoms with E-state index in [9.17, 15) is 13.6 Å². The van der Waals surface area contributed by atoms with Crippen LogP contribution in [0.3, 0.4) is 0 Å². The molecule has 1 aromatic carbocycles. The Morgan fingerprint density at radius 1 is 1.43 bits per heavy atom. The average molecular weight is 198 g/mol. The largest absolute Gasteiger partial charge is 0.302 e. The maximum absolute atomic E-state index is 12.6. The summed E-state index contributed by atoms with van der Waals surface area (Å²) in [5, 5.41) is 0. The van der Waals surface area contributed by atoms with Gasteiger partial charge in [0.15, 0.2) is 0 Å². The van der Waals surface area contributed by atoms with Crippen molar-refractivity contribution in [3.05, 3.63) is 35.4 Å². The van der Waals surface area contributed by atoms with E-state index < -0.39 is 11.7 Å². The molecule has 0 saturated heterocycles. The van der Waals surface area contributed by atoms with Crippen LogP contribution in [0, 0.1) is 6.92 Å². The van der Waals surface area contributed by atoms with E-state index >= 15 is 0 Å². The molecule has 0 saturated carbocycles. The summed E-state index contributed by atoms with van der Waals surface area (Å²) < 4.78 is 25.1. The Kier molecular flexibility index (Phi) is 2.99. The molecule has 0 aliphatic carbocycles. The summed E-state index contributed by atoms with van der Waals surface area (Å²) in [4.78, 5) is 11.0. The Balaban J connectivity index is 2.75. The van der Waals surface area contributed by atoms with Gasteiger partial charge in [0.05, 0.1) is 0 Å². The van der Waals surface area contributed by atoms with Gasteiger partial charge in [0, 0.05) is 13.3 Å². The van der Waals surface area contributed by atoms with Crippen LogP contribution in [0.25, 0.3) is 0 Å². The highest BCUT2D eigenvalue weighted by Gasteiger charge is 2.31. The standard InChI is InChI=1S/C11H12F2O/c1-8-4-3-5-9(6-8)7-10(14)11(2,12)13/h3-6H,7H2,1-2H3. The van der Waals surface area contributed by atoms with Crippen LogP contribution in [0.15, 0.2) is 24.3 Å². The molecule has 0 atom stereocenters. The van der Waals surface area contributed by atoms with Gasteiger partial charge in [-0.25, -0.2) is 0 Å². The number of halogens is 2. The van der Waals surface area contributed by atoms with E-state index in [1.54, 1.807) is 18.2 Å². The number of hydrogen-bond acceptors (Lipinski definition) is 1. The van der Waals surface area contributed by atoms with Crippen molar-refractivity contribution in [3.63, 3.8) is 0 Å². The van der Waals surface area contributed by atoms with Crippen LogP contribution in [0.2, 0.25) is 0 Å². The Labute approximate surface area is 81.7 Å². The summed E-state index contributed by atoms with van der Waals surface area (Å²) in [7, 11) is 0. The van der Waals surface area contributed by atoms with Gasteiger partial charge in [0.1, 0.15) is 0 Å². The Morgan fingerprint density at radius 2 is 2.07 bits per heavy atom.